The van der Waals surface area contributed by atoms with Crippen LogP contribution in [0.3, 0.4) is 0 Å². The number of rotatable bonds is 5. The first-order chi connectivity index (χ1) is 9.74. The molecule has 0 unspecified atom stereocenters. The third-order valence-corrected chi connectivity index (χ3v) is 2.42. The van der Waals surface area contributed by atoms with E-state index in [1.807, 2.05) is 30.3 Å². The number of hydrogen-bond acceptors (Lipinski definition) is 3. The number of carbonyl (C=O) groups is 2. The first-order valence-electron chi connectivity index (χ1n) is 6.04. The first-order valence-corrected chi connectivity index (χ1v) is 6.04. The van der Waals surface area contributed by atoms with Gasteiger partial charge in [0.25, 0.3) is 0 Å². The maximum atomic E-state index is 11.5. The molecular formula is C14H14N4O2. The van der Waals surface area contributed by atoms with Crippen molar-refractivity contribution in [2.75, 3.05) is 11.9 Å². The monoisotopic (exact) mass is 270 g/mol. The van der Waals surface area contributed by atoms with Crippen LogP contribution in [0, 0.1) is 0 Å². The smallest absolute Gasteiger partial charge is 0.244 e. The Balaban J connectivity index is 1.75. The SMILES string of the molecule is O=C(/C=C\c1ccccc1)NCC(=O)Nc1ccn[nH]1. The van der Waals surface area contributed by atoms with Crippen LogP contribution in [-0.2, 0) is 9.59 Å². The van der Waals surface area contributed by atoms with E-state index in [0.717, 1.165) is 5.56 Å². The highest BCUT2D eigenvalue weighted by Gasteiger charge is 2.04. The molecule has 0 bridgehead atoms. The quantitative estimate of drug-likeness (QED) is 0.713. The molecular weight excluding hydrogens is 256 g/mol. The fraction of sp³-hybridized carbons (Fsp3) is 0.0714. The molecule has 6 nitrogen and oxygen atoms in total. The number of aromatic amines is 1. The first kappa shape index (κ1) is 13.5. The Labute approximate surface area is 115 Å². The Bertz CT molecular complexity index is 591. The molecule has 0 aliphatic carbocycles. The van der Waals surface area contributed by atoms with Crippen LogP contribution in [0.2, 0.25) is 0 Å². The maximum Gasteiger partial charge on any atom is 0.244 e. The lowest BCUT2D eigenvalue weighted by molar-refractivity contribution is -0.121. The molecule has 0 saturated carbocycles. The van der Waals surface area contributed by atoms with Crippen molar-refractivity contribution in [3.8, 4) is 0 Å². The van der Waals surface area contributed by atoms with Crippen LogP contribution >= 0.6 is 0 Å². The molecule has 1 aromatic carbocycles. The van der Waals surface area contributed by atoms with E-state index in [1.165, 1.54) is 12.3 Å². The average molecular weight is 270 g/mol. The van der Waals surface area contributed by atoms with E-state index in [4.69, 9.17) is 0 Å². The van der Waals surface area contributed by atoms with Crippen LogP contribution in [0.25, 0.3) is 6.08 Å². The second kappa shape index (κ2) is 6.89. The molecule has 0 radical (unpaired) electrons. The molecule has 0 atom stereocenters. The molecule has 0 aliphatic heterocycles. The van der Waals surface area contributed by atoms with E-state index in [2.05, 4.69) is 20.8 Å². The van der Waals surface area contributed by atoms with E-state index in [1.54, 1.807) is 12.1 Å². The fourth-order valence-electron chi connectivity index (χ4n) is 1.48. The zero-order valence-electron chi connectivity index (χ0n) is 10.7. The molecule has 2 aromatic rings. The van der Waals surface area contributed by atoms with Gasteiger partial charge in [-0.15, -0.1) is 0 Å². The van der Waals surface area contributed by atoms with Crippen molar-refractivity contribution in [3.63, 3.8) is 0 Å². The molecule has 20 heavy (non-hydrogen) atoms. The molecule has 0 spiro atoms. The number of carbonyl (C=O) groups excluding carboxylic acids is 2. The van der Waals surface area contributed by atoms with Crippen molar-refractivity contribution in [1.82, 2.24) is 15.5 Å². The van der Waals surface area contributed by atoms with Gasteiger partial charge in [0.05, 0.1) is 12.7 Å². The molecule has 2 amide bonds. The van der Waals surface area contributed by atoms with E-state index >= 15 is 0 Å². The lowest BCUT2D eigenvalue weighted by Crippen LogP contribution is -2.31. The van der Waals surface area contributed by atoms with Crippen molar-refractivity contribution in [2.45, 2.75) is 0 Å². The number of nitrogens with zero attached hydrogens (tertiary/aromatic N) is 1. The summed E-state index contributed by atoms with van der Waals surface area (Å²) in [6.07, 6.45) is 4.59. The summed E-state index contributed by atoms with van der Waals surface area (Å²) in [7, 11) is 0. The summed E-state index contributed by atoms with van der Waals surface area (Å²) in [4.78, 5) is 23.0. The molecule has 1 aromatic heterocycles. The van der Waals surface area contributed by atoms with Crippen molar-refractivity contribution >= 4 is 23.7 Å². The minimum atomic E-state index is -0.325. The Morgan fingerprint density at radius 1 is 1.20 bits per heavy atom. The molecule has 6 heteroatoms. The Hall–Kier alpha value is -2.89. The van der Waals surface area contributed by atoms with Gasteiger partial charge >= 0.3 is 0 Å². The number of amides is 2. The summed E-state index contributed by atoms with van der Waals surface area (Å²) in [6, 6.07) is 11.1. The van der Waals surface area contributed by atoms with Gasteiger partial charge in [0.2, 0.25) is 11.8 Å². The van der Waals surface area contributed by atoms with E-state index < -0.39 is 0 Å². The minimum Gasteiger partial charge on any atom is -0.343 e. The van der Waals surface area contributed by atoms with Crippen LogP contribution in [0.5, 0.6) is 0 Å². The summed E-state index contributed by atoms with van der Waals surface area (Å²) in [6.45, 7) is -0.100. The second-order valence-corrected chi connectivity index (χ2v) is 3.98. The summed E-state index contributed by atoms with van der Waals surface area (Å²) in [5.41, 5.74) is 0.921. The van der Waals surface area contributed by atoms with Crippen molar-refractivity contribution < 1.29 is 9.59 Å². The van der Waals surface area contributed by atoms with Gasteiger partial charge in [-0.1, -0.05) is 30.3 Å². The van der Waals surface area contributed by atoms with Crippen molar-refractivity contribution in [2.24, 2.45) is 0 Å². The van der Waals surface area contributed by atoms with Crippen LogP contribution in [0.1, 0.15) is 5.56 Å². The molecule has 3 N–H and O–H groups in total. The Morgan fingerprint density at radius 2 is 2.00 bits per heavy atom. The van der Waals surface area contributed by atoms with Gasteiger partial charge in [0, 0.05) is 12.1 Å². The van der Waals surface area contributed by atoms with Gasteiger partial charge in [-0.05, 0) is 11.6 Å². The largest absolute Gasteiger partial charge is 0.343 e. The zero-order chi connectivity index (χ0) is 14.2. The van der Waals surface area contributed by atoms with E-state index in [9.17, 15) is 9.59 Å². The van der Waals surface area contributed by atoms with Crippen LogP contribution in [-0.4, -0.2) is 28.6 Å². The zero-order valence-corrected chi connectivity index (χ0v) is 10.7. The lowest BCUT2D eigenvalue weighted by Gasteiger charge is -2.02. The Morgan fingerprint density at radius 3 is 2.70 bits per heavy atom. The van der Waals surface area contributed by atoms with Crippen molar-refractivity contribution in [3.05, 3.63) is 54.2 Å². The topological polar surface area (TPSA) is 86.9 Å². The molecule has 0 fully saturated rings. The summed E-state index contributed by atoms with van der Waals surface area (Å²) < 4.78 is 0. The van der Waals surface area contributed by atoms with Crippen LogP contribution in [0.4, 0.5) is 5.82 Å². The molecule has 102 valence electrons. The number of benzene rings is 1. The fourth-order valence-corrected chi connectivity index (χ4v) is 1.48. The number of nitrogens with one attached hydrogen (secondary N) is 3. The summed E-state index contributed by atoms with van der Waals surface area (Å²) >= 11 is 0. The van der Waals surface area contributed by atoms with Gasteiger partial charge in [0.1, 0.15) is 5.82 Å². The van der Waals surface area contributed by atoms with E-state index in [0.29, 0.717) is 5.82 Å². The number of anilines is 1. The molecule has 2 rings (SSSR count). The predicted molar refractivity (Wildman–Crippen MR) is 75.7 cm³/mol. The molecule has 0 saturated heterocycles. The predicted octanol–water partition coefficient (Wildman–Crippen LogP) is 1.18. The highest BCUT2D eigenvalue weighted by molar-refractivity contribution is 5.97. The van der Waals surface area contributed by atoms with Gasteiger partial charge in [-0.2, -0.15) is 5.10 Å². The highest BCUT2D eigenvalue weighted by Crippen LogP contribution is 2.00. The van der Waals surface area contributed by atoms with Crippen LogP contribution in [0.15, 0.2) is 48.7 Å². The average Bonchev–Trinajstić information content (AvgIpc) is 2.97. The third kappa shape index (κ3) is 4.41. The maximum absolute atomic E-state index is 11.5. The van der Waals surface area contributed by atoms with Gasteiger partial charge in [-0.3, -0.25) is 14.7 Å². The third-order valence-electron chi connectivity index (χ3n) is 2.42. The minimum absolute atomic E-state index is 0.100. The second-order valence-electron chi connectivity index (χ2n) is 3.98. The number of H-pyrrole nitrogens is 1. The van der Waals surface area contributed by atoms with Crippen LogP contribution < -0.4 is 10.6 Å². The lowest BCUT2D eigenvalue weighted by atomic mass is 10.2. The molecule has 1 heterocycles. The number of hydrogen-bond donors (Lipinski definition) is 3. The van der Waals surface area contributed by atoms with Gasteiger partial charge in [-0.25, -0.2) is 0 Å². The Kier molecular flexibility index (Phi) is 4.66. The summed E-state index contributed by atoms with van der Waals surface area (Å²) in [5.74, 6) is -0.159. The van der Waals surface area contributed by atoms with Crippen molar-refractivity contribution in [1.29, 1.82) is 0 Å². The number of aromatic nitrogens is 2. The normalized spacial score (nSPS) is 10.4. The highest BCUT2D eigenvalue weighted by atomic mass is 16.2. The standard InChI is InChI=1S/C14H14N4O2/c19-13(7-6-11-4-2-1-3-5-11)15-10-14(20)17-12-8-9-16-18-12/h1-9H,10H2,(H,15,19)(H2,16,17,18,20)/b7-6-. The van der Waals surface area contributed by atoms with Gasteiger partial charge in [0.15, 0.2) is 0 Å². The van der Waals surface area contributed by atoms with E-state index in [-0.39, 0.29) is 18.4 Å². The summed E-state index contributed by atoms with van der Waals surface area (Å²) in [5, 5.41) is 11.3. The molecule has 0 aliphatic rings. The van der Waals surface area contributed by atoms with Gasteiger partial charge < -0.3 is 10.6 Å².